The van der Waals surface area contributed by atoms with Gasteiger partial charge in [-0.15, -0.1) is 5.10 Å². The van der Waals surface area contributed by atoms with E-state index in [1.807, 2.05) is 0 Å². The molecule has 0 aromatic carbocycles. The zero-order chi connectivity index (χ0) is 16.4. The molecule has 0 atom stereocenters. The van der Waals surface area contributed by atoms with Crippen LogP contribution in [-0.4, -0.2) is 48.2 Å². The number of ether oxygens (including phenoxy) is 1. The molecule has 118 valence electrons. The first-order chi connectivity index (χ1) is 11.1. The maximum atomic E-state index is 11.6. The lowest BCUT2D eigenvalue weighted by molar-refractivity contribution is 0.0687. The molecule has 0 fully saturated rings. The summed E-state index contributed by atoms with van der Waals surface area (Å²) in [6.07, 6.45) is 2.43. The molecule has 0 aliphatic carbocycles. The number of anilines is 1. The van der Waals surface area contributed by atoms with Crippen LogP contribution < -0.4 is 5.32 Å². The number of carboxylic acids is 1. The fourth-order valence-corrected chi connectivity index (χ4v) is 2.05. The summed E-state index contributed by atoms with van der Waals surface area (Å²) in [5, 5.41) is 19.8. The number of aromatic carboxylic acids is 1. The van der Waals surface area contributed by atoms with Gasteiger partial charge in [-0.05, 0) is 25.1 Å². The molecule has 0 radical (unpaired) electrons. The number of hydrogen-bond donors (Lipinski definition) is 2. The van der Waals surface area contributed by atoms with Crippen LogP contribution in [0.2, 0.25) is 0 Å². The van der Waals surface area contributed by atoms with Crippen molar-refractivity contribution >= 4 is 23.7 Å². The standard InChI is InChI=1S/C13H12N6O4/c1-2-23-13(22)16-12-15-9-5-4-8(18-7-3-6-14-18)10(11(20)21)19(9)17-12/h3-7H,2H2,1H3,(H,20,21)(H,16,17,22). The fourth-order valence-electron chi connectivity index (χ4n) is 2.05. The van der Waals surface area contributed by atoms with E-state index in [2.05, 4.69) is 20.5 Å². The third-order valence-corrected chi connectivity index (χ3v) is 2.92. The van der Waals surface area contributed by atoms with Gasteiger partial charge in [0.1, 0.15) is 0 Å². The lowest BCUT2D eigenvalue weighted by atomic mass is 10.3. The minimum absolute atomic E-state index is 0.0523. The molecule has 3 heterocycles. The van der Waals surface area contributed by atoms with E-state index in [9.17, 15) is 14.7 Å². The highest BCUT2D eigenvalue weighted by Crippen LogP contribution is 2.17. The maximum Gasteiger partial charge on any atom is 0.414 e. The van der Waals surface area contributed by atoms with Crippen LogP contribution in [0, 0.1) is 0 Å². The van der Waals surface area contributed by atoms with Crippen LogP contribution in [0.3, 0.4) is 0 Å². The number of rotatable bonds is 4. The molecule has 2 N–H and O–H groups in total. The zero-order valence-electron chi connectivity index (χ0n) is 12.0. The fraction of sp³-hybridized carbons (Fsp3) is 0.154. The van der Waals surface area contributed by atoms with Crippen molar-refractivity contribution in [3.63, 3.8) is 0 Å². The first-order valence-corrected chi connectivity index (χ1v) is 6.67. The smallest absolute Gasteiger partial charge is 0.414 e. The normalized spacial score (nSPS) is 10.7. The van der Waals surface area contributed by atoms with Crippen molar-refractivity contribution in [1.82, 2.24) is 24.4 Å². The van der Waals surface area contributed by atoms with Crippen molar-refractivity contribution in [3.8, 4) is 5.69 Å². The van der Waals surface area contributed by atoms with Gasteiger partial charge in [0.05, 0.1) is 12.3 Å². The molecule has 0 unspecified atom stereocenters. The van der Waals surface area contributed by atoms with Crippen LogP contribution in [0.5, 0.6) is 0 Å². The van der Waals surface area contributed by atoms with E-state index in [0.29, 0.717) is 5.69 Å². The molecule has 0 spiro atoms. The van der Waals surface area contributed by atoms with Gasteiger partial charge in [0.25, 0.3) is 5.95 Å². The van der Waals surface area contributed by atoms with Gasteiger partial charge in [-0.1, -0.05) is 0 Å². The van der Waals surface area contributed by atoms with E-state index in [1.165, 1.54) is 10.9 Å². The number of carboxylic acid groups (broad SMARTS) is 1. The summed E-state index contributed by atoms with van der Waals surface area (Å²) in [6.45, 7) is 1.86. The van der Waals surface area contributed by atoms with Crippen LogP contribution in [0.1, 0.15) is 17.4 Å². The number of carbonyl (C=O) groups excluding carboxylic acids is 1. The second kappa shape index (κ2) is 5.75. The number of aromatic nitrogens is 5. The Balaban J connectivity index is 2.10. The SMILES string of the molecule is CCOC(=O)Nc1nc2ccc(-n3cccn3)c(C(=O)O)n2n1. The van der Waals surface area contributed by atoms with Gasteiger partial charge < -0.3 is 9.84 Å². The van der Waals surface area contributed by atoms with Crippen LogP contribution in [0.15, 0.2) is 30.6 Å². The summed E-state index contributed by atoms with van der Waals surface area (Å²) in [6, 6.07) is 4.81. The van der Waals surface area contributed by atoms with E-state index in [-0.39, 0.29) is 23.9 Å². The van der Waals surface area contributed by atoms with E-state index in [1.54, 1.807) is 31.3 Å². The highest BCUT2D eigenvalue weighted by molar-refractivity contribution is 5.91. The predicted molar refractivity (Wildman–Crippen MR) is 77.7 cm³/mol. The van der Waals surface area contributed by atoms with Gasteiger partial charge in [0.2, 0.25) is 0 Å². The van der Waals surface area contributed by atoms with Crippen LogP contribution >= 0.6 is 0 Å². The van der Waals surface area contributed by atoms with E-state index in [4.69, 9.17) is 4.74 Å². The highest BCUT2D eigenvalue weighted by Gasteiger charge is 2.20. The maximum absolute atomic E-state index is 11.6. The molecule has 3 rings (SSSR count). The highest BCUT2D eigenvalue weighted by atomic mass is 16.5. The van der Waals surface area contributed by atoms with Gasteiger partial charge in [0, 0.05) is 12.4 Å². The number of pyridine rings is 1. The molecule has 0 saturated carbocycles. The Labute approximate surface area is 129 Å². The summed E-state index contributed by atoms with van der Waals surface area (Å²) in [7, 11) is 0. The lowest BCUT2D eigenvalue weighted by Crippen LogP contribution is -2.15. The van der Waals surface area contributed by atoms with Gasteiger partial charge >= 0.3 is 12.1 Å². The topological polar surface area (TPSA) is 124 Å². The summed E-state index contributed by atoms with van der Waals surface area (Å²) in [5.74, 6) is -1.25. The average Bonchev–Trinajstić information content (AvgIpc) is 3.14. The quantitative estimate of drug-likeness (QED) is 0.740. The Morgan fingerprint density at radius 2 is 2.22 bits per heavy atom. The third-order valence-electron chi connectivity index (χ3n) is 2.92. The second-order valence-corrected chi connectivity index (χ2v) is 4.37. The summed E-state index contributed by atoms with van der Waals surface area (Å²) in [4.78, 5) is 27.1. The van der Waals surface area contributed by atoms with Gasteiger partial charge in [-0.25, -0.2) is 18.8 Å². The van der Waals surface area contributed by atoms with Crippen molar-refractivity contribution in [1.29, 1.82) is 0 Å². The van der Waals surface area contributed by atoms with Crippen LogP contribution in [-0.2, 0) is 4.74 Å². The molecule has 3 aromatic heterocycles. The Morgan fingerprint density at radius 3 is 2.87 bits per heavy atom. The molecular weight excluding hydrogens is 304 g/mol. The first-order valence-electron chi connectivity index (χ1n) is 6.67. The molecule has 10 nitrogen and oxygen atoms in total. The van der Waals surface area contributed by atoms with Gasteiger partial charge in [0.15, 0.2) is 11.3 Å². The third kappa shape index (κ3) is 2.69. The van der Waals surface area contributed by atoms with Crippen molar-refractivity contribution in [2.24, 2.45) is 0 Å². The number of amides is 1. The molecule has 0 bridgehead atoms. The Morgan fingerprint density at radius 1 is 1.39 bits per heavy atom. The van der Waals surface area contributed by atoms with Crippen molar-refractivity contribution < 1.29 is 19.4 Å². The van der Waals surface area contributed by atoms with E-state index < -0.39 is 12.1 Å². The summed E-state index contributed by atoms with van der Waals surface area (Å²) >= 11 is 0. The molecule has 0 aliphatic rings. The van der Waals surface area contributed by atoms with Crippen LogP contribution in [0.4, 0.5) is 10.7 Å². The Kier molecular flexibility index (Phi) is 3.63. The Hall–Kier alpha value is -3.43. The molecule has 3 aromatic rings. The van der Waals surface area contributed by atoms with Crippen molar-refractivity contribution in [2.45, 2.75) is 6.92 Å². The average molecular weight is 316 g/mol. The first kappa shape index (κ1) is 14.5. The Bertz CT molecular complexity index is 870. The molecular formula is C13H12N6O4. The second-order valence-electron chi connectivity index (χ2n) is 4.37. The summed E-state index contributed by atoms with van der Waals surface area (Å²) < 4.78 is 7.26. The van der Waals surface area contributed by atoms with Gasteiger partial charge in [-0.3, -0.25) is 5.32 Å². The molecule has 23 heavy (non-hydrogen) atoms. The summed E-state index contributed by atoms with van der Waals surface area (Å²) in [5.41, 5.74) is 0.461. The molecule has 1 amide bonds. The number of nitrogens with one attached hydrogen (secondary N) is 1. The number of carbonyl (C=O) groups is 2. The van der Waals surface area contributed by atoms with Crippen LogP contribution in [0.25, 0.3) is 11.3 Å². The molecule has 0 saturated heterocycles. The minimum Gasteiger partial charge on any atom is -0.476 e. The minimum atomic E-state index is -1.20. The van der Waals surface area contributed by atoms with E-state index >= 15 is 0 Å². The zero-order valence-corrected chi connectivity index (χ0v) is 12.0. The van der Waals surface area contributed by atoms with E-state index in [0.717, 1.165) is 4.52 Å². The largest absolute Gasteiger partial charge is 0.476 e. The number of nitrogens with zero attached hydrogens (tertiary/aromatic N) is 5. The predicted octanol–water partition coefficient (Wildman–Crippen LogP) is 1.18. The van der Waals surface area contributed by atoms with Crippen molar-refractivity contribution in [3.05, 3.63) is 36.3 Å². The van der Waals surface area contributed by atoms with Crippen molar-refractivity contribution in [2.75, 3.05) is 11.9 Å². The number of fused-ring (bicyclic) bond motifs is 1. The monoisotopic (exact) mass is 316 g/mol. The lowest BCUT2D eigenvalue weighted by Gasteiger charge is -2.07. The molecule has 0 aliphatic heterocycles. The van der Waals surface area contributed by atoms with Gasteiger partial charge in [-0.2, -0.15) is 10.1 Å². The molecule has 10 heteroatoms. The number of hydrogen-bond acceptors (Lipinski definition) is 6.